The molecule has 0 bridgehead atoms. The van der Waals surface area contributed by atoms with Gasteiger partial charge in [-0.15, -0.1) is 0 Å². The summed E-state index contributed by atoms with van der Waals surface area (Å²) in [7, 11) is 0. The summed E-state index contributed by atoms with van der Waals surface area (Å²) in [4.78, 5) is 31.7. The van der Waals surface area contributed by atoms with E-state index < -0.39 is 28.8 Å². The van der Waals surface area contributed by atoms with Crippen LogP contribution in [-0.4, -0.2) is 15.9 Å². The molecule has 0 aliphatic rings. The van der Waals surface area contributed by atoms with E-state index in [1.165, 1.54) is 36.4 Å². The van der Waals surface area contributed by atoms with Crippen LogP contribution in [0.3, 0.4) is 0 Å². The molecule has 0 aliphatic carbocycles. The minimum absolute atomic E-state index is 0.0335. The van der Waals surface area contributed by atoms with Gasteiger partial charge in [0.25, 0.3) is 11.5 Å². The molecule has 0 aliphatic heterocycles. The van der Waals surface area contributed by atoms with Crippen LogP contribution in [0.25, 0.3) is 11.3 Å². The summed E-state index contributed by atoms with van der Waals surface area (Å²) < 4.78 is 40.7. The number of carbonyl (C=O) groups excluding carboxylic acids is 1. The van der Waals surface area contributed by atoms with Gasteiger partial charge in [0, 0.05) is 22.6 Å². The molecule has 6 nitrogen and oxygen atoms in total. The SMILES string of the molecule is N#Cc1c(-c2ccccc2C(F)(F)F)nc(SCc2cccc(NC(=O)c3ccc(Cl)c(Cl)c3)c2)[nH]c1=O. The summed E-state index contributed by atoms with van der Waals surface area (Å²) in [5, 5.41) is 12.8. The van der Waals surface area contributed by atoms with Crippen LogP contribution in [0.5, 0.6) is 0 Å². The van der Waals surface area contributed by atoms with Crippen molar-refractivity contribution in [2.75, 3.05) is 5.32 Å². The largest absolute Gasteiger partial charge is 0.417 e. The summed E-state index contributed by atoms with van der Waals surface area (Å²) in [6.07, 6.45) is -4.71. The molecule has 0 saturated carbocycles. The summed E-state index contributed by atoms with van der Waals surface area (Å²) in [6.45, 7) is 0. The zero-order valence-electron chi connectivity index (χ0n) is 19.1. The smallest absolute Gasteiger partial charge is 0.322 e. The van der Waals surface area contributed by atoms with Crippen molar-refractivity contribution in [2.45, 2.75) is 17.1 Å². The molecule has 2 N–H and O–H groups in total. The van der Waals surface area contributed by atoms with E-state index in [1.54, 1.807) is 30.3 Å². The Labute approximate surface area is 228 Å². The molecule has 4 rings (SSSR count). The minimum atomic E-state index is -4.71. The molecule has 0 saturated heterocycles. The zero-order chi connectivity index (χ0) is 27.4. The molecular weight excluding hydrogens is 560 g/mol. The Balaban J connectivity index is 1.57. The first-order valence-corrected chi connectivity index (χ1v) is 12.5. The van der Waals surface area contributed by atoms with E-state index in [-0.39, 0.29) is 27.2 Å². The number of hydrogen-bond donors (Lipinski definition) is 2. The van der Waals surface area contributed by atoms with E-state index in [0.29, 0.717) is 16.3 Å². The standard InChI is InChI=1S/C26H15Cl2F3N4O2S/c27-20-9-8-15(11-21(20)28)23(36)33-16-5-3-4-14(10-16)13-38-25-34-22(18(12-32)24(37)35-25)17-6-1-2-7-19(17)26(29,30)31/h1-11H,13H2,(H,33,36)(H,34,35,37). The number of rotatable bonds is 6. The number of thioether (sulfide) groups is 1. The highest BCUT2D eigenvalue weighted by molar-refractivity contribution is 7.98. The Morgan fingerprint density at radius 2 is 1.82 bits per heavy atom. The van der Waals surface area contributed by atoms with Crippen molar-refractivity contribution in [3.05, 3.63) is 109 Å². The number of carbonyl (C=O) groups is 1. The second kappa shape index (κ2) is 11.3. The van der Waals surface area contributed by atoms with Crippen LogP contribution in [0.1, 0.15) is 27.0 Å². The van der Waals surface area contributed by atoms with Crippen molar-refractivity contribution < 1.29 is 18.0 Å². The fourth-order valence-electron chi connectivity index (χ4n) is 3.49. The molecule has 38 heavy (non-hydrogen) atoms. The highest BCUT2D eigenvalue weighted by Gasteiger charge is 2.34. The number of anilines is 1. The van der Waals surface area contributed by atoms with Crippen molar-refractivity contribution in [1.82, 2.24) is 9.97 Å². The number of hydrogen-bond acceptors (Lipinski definition) is 5. The molecule has 12 heteroatoms. The van der Waals surface area contributed by atoms with E-state index in [4.69, 9.17) is 23.2 Å². The van der Waals surface area contributed by atoms with Gasteiger partial charge in [-0.2, -0.15) is 18.4 Å². The third kappa shape index (κ3) is 6.19. The quantitative estimate of drug-likeness (QED) is 0.188. The van der Waals surface area contributed by atoms with Gasteiger partial charge >= 0.3 is 6.18 Å². The molecule has 192 valence electrons. The first-order valence-electron chi connectivity index (χ1n) is 10.8. The topological polar surface area (TPSA) is 98.6 Å². The maximum atomic E-state index is 13.6. The van der Waals surface area contributed by atoms with Gasteiger partial charge in [-0.3, -0.25) is 9.59 Å². The molecular formula is C26H15Cl2F3N4O2S. The van der Waals surface area contributed by atoms with Crippen molar-refractivity contribution in [2.24, 2.45) is 0 Å². The molecule has 4 aromatic rings. The number of nitrogens with zero attached hydrogens (tertiary/aromatic N) is 2. The number of H-pyrrole nitrogens is 1. The maximum absolute atomic E-state index is 13.6. The van der Waals surface area contributed by atoms with Crippen LogP contribution >= 0.6 is 35.0 Å². The first-order chi connectivity index (χ1) is 18.1. The molecule has 0 fully saturated rings. The fourth-order valence-corrected chi connectivity index (χ4v) is 4.59. The van der Waals surface area contributed by atoms with Crippen LogP contribution in [0.4, 0.5) is 18.9 Å². The molecule has 0 unspecified atom stereocenters. The summed E-state index contributed by atoms with van der Waals surface area (Å²) in [5.74, 6) is -0.148. The normalized spacial score (nSPS) is 11.2. The predicted octanol–water partition coefficient (Wildman–Crippen LogP) is 7.18. The number of nitrogens with one attached hydrogen (secondary N) is 2. The summed E-state index contributed by atoms with van der Waals surface area (Å²) in [6, 6.07) is 17.6. The van der Waals surface area contributed by atoms with Gasteiger partial charge in [-0.05, 0) is 42.0 Å². The van der Waals surface area contributed by atoms with E-state index in [9.17, 15) is 28.0 Å². The van der Waals surface area contributed by atoms with Crippen LogP contribution in [0, 0.1) is 11.3 Å². The van der Waals surface area contributed by atoms with Crippen LogP contribution < -0.4 is 10.9 Å². The number of alkyl halides is 3. The average Bonchev–Trinajstić information content (AvgIpc) is 2.88. The lowest BCUT2D eigenvalue weighted by atomic mass is 10.0. The molecule has 3 aromatic carbocycles. The minimum Gasteiger partial charge on any atom is -0.322 e. The zero-order valence-corrected chi connectivity index (χ0v) is 21.4. The van der Waals surface area contributed by atoms with Crippen molar-refractivity contribution in [1.29, 1.82) is 5.26 Å². The molecule has 1 amide bonds. The third-order valence-corrected chi connectivity index (χ3v) is 6.92. The van der Waals surface area contributed by atoms with Crippen molar-refractivity contribution in [3.8, 4) is 17.3 Å². The predicted molar refractivity (Wildman–Crippen MR) is 140 cm³/mol. The van der Waals surface area contributed by atoms with Gasteiger partial charge in [0.15, 0.2) is 5.16 Å². The lowest BCUT2D eigenvalue weighted by molar-refractivity contribution is -0.137. The molecule has 0 spiro atoms. The maximum Gasteiger partial charge on any atom is 0.417 e. The van der Waals surface area contributed by atoms with Gasteiger partial charge in [0.2, 0.25) is 0 Å². The van der Waals surface area contributed by atoms with Gasteiger partial charge in [0.1, 0.15) is 11.6 Å². The van der Waals surface area contributed by atoms with Gasteiger partial charge in [-0.25, -0.2) is 4.98 Å². The van der Waals surface area contributed by atoms with Gasteiger partial charge in [0.05, 0.1) is 21.3 Å². The van der Waals surface area contributed by atoms with Gasteiger partial charge < -0.3 is 10.3 Å². The van der Waals surface area contributed by atoms with E-state index in [1.807, 2.05) is 0 Å². The number of aromatic amines is 1. The van der Waals surface area contributed by atoms with Gasteiger partial charge in [-0.1, -0.05) is 65.3 Å². The Kier molecular flexibility index (Phi) is 8.11. The van der Waals surface area contributed by atoms with E-state index in [0.717, 1.165) is 23.4 Å². The Morgan fingerprint density at radius 3 is 2.53 bits per heavy atom. The lowest BCUT2D eigenvalue weighted by Gasteiger charge is -2.13. The van der Waals surface area contributed by atoms with E-state index >= 15 is 0 Å². The van der Waals surface area contributed by atoms with E-state index in [2.05, 4.69) is 15.3 Å². The summed E-state index contributed by atoms with van der Waals surface area (Å²) >= 11 is 12.9. The van der Waals surface area contributed by atoms with Crippen molar-refractivity contribution in [3.63, 3.8) is 0 Å². The number of halogens is 5. The molecule has 1 heterocycles. The number of aromatic nitrogens is 2. The molecule has 1 aromatic heterocycles. The van der Waals surface area contributed by atoms with Crippen LogP contribution in [0.2, 0.25) is 10.0 Å². The number of nitriles is 1. The third-order valence-electron chi connectivity index (χ3n) is 5.24. The van der Waals surface area contributed by atoms with Crippen LogP contribution in [0.15, 0.2) is 76.7 Å². The van der Waals surface area contributed by atoms with Crippen LogP contribution in [-0.2, 0) is 11.9 Å². The second-order valence-corrected chi connectivity index (χ2v) is 9.60. The van der Waals surface area contributed by atoms with Crippen molar-refractivity contribution >= 4 is 46.6 Å². The second-order valence-electron chi connectivity index (χ2n) is 7.82. The summed E-state index contributed by atoms with van der Waals surface area (Å²) in [5.41, 5.74) is -1.56. The number of benzene rings is 3. The Bertz CT molecular complexity index is 1630. The Hall–Kier alpha value is -3.78. The lowest BCUT2D eigenvalue weighted by Crippen LogP contribution is -2.16. The fraction of sp³-hybridized carbons (Fsp3) is 0.0769. The molecule has 0 atom stereocenters. The highest BCUT2D eigenvalue weighted by Crippen LogP contribution is 2.37. The first kappa shape index (κ1) is 27.3. The monoisotopic (exact) mass is 574 g/mol. The Morgan fingerprint density at radius 1 is 1.05 bits per heavy atom. The molecule has 0 radical (unpaired) electrons. The highest BCUT2D eigenvalue weighted by atomic mass is 35.5. The average molecular weight is 575 g/mol. The number of amides is 1.